The van der Waals surface area contributed by atoms with Crippen LogP contribution in [0, 0.1) is 11.3 Å². The van der Waals surface area contributed by atoms with E-state index in [1.807, 2.05) is 19.1 Å². The van der Waals surface area contributed by atoms with Crippen molar-refractivity contribution in [3.8, 4) is 6.07 Å². The van der Waals surface area contributed by atoms with Gasteiger partial charge in [-0.05, 0) is 24.1 Å². The van der Waals surface area contributed by atoms with Gasteiger partial charge in [-0.25, -0.2) is 0 Å². The molecule has 0 heterocycles. The van der Waals surface area contributed by atoms with Crippen molar-refractivity contribution in [2.75, 3.05) is 0 Å². The first-order valence-corrected chi connectivity index (χ1v) is 4.77. The molecule has 0 aliphatic heterocycles. The lowest BCUT2D eigenvalue weighted by Crippen LogP contribution is -1.97. The summed E-state index contributed by atoms with van der Waals surface area (Å²) in [4.78, 5) is 11.1. The maximum Gasteiger partial charge on any atom is 0.132 e. The molecule has 0 unspecified atom stereocenters. The van der Waals surface area contributed by atoms with E-state index < -0.39 is 0 Å². The molecule has 72 valence electrons. The fourth-order valence-electron chi connectivity index (χ4n) is 1.21. The van der Waals surface area contributed by atoms with Crippen molar-refractivity contribution in [3.05, 3.63) is 35.4 Å². The fraction of sp³-hybridized carbons (Fsp3) is 0.333. The largest absolute Gasteiger partial charge is 0.300 e. The summed E-state index contributed by atoms with van der Waals surface area (Å²) in [5.41, 5.74) is 1.78. The van der Waals surface area contributed by atoms with E-state index in [0.29, 0.717) is 18.4 Å². The zero-order valence-electron chi connectivity index (χ0n) is 8.29. The Hall–Kier alpha value is -1.62. The van der Waals surface area contributed by atoms with E-state index in [0.717, 1.165) is 12.0 Å². The van der Waals surface area contributed by atoms with E-state index in [1.54, 1.807) is 12.1 Å². The van der Waals surface area contributed by atoms with Gasteiger partial charge in [0.1, 0.15) is 5.78 Å². The molecule has 0 aliphatic rings. The van der Waals surface area contributed by atoms with Crippen LogP contribution in [0.4, 0.5) is 0 Å². The molecule has 0 fully saturated rings. The number of hydrogen-bond acceptors (Lipinski definition) is 2. The summed E-state index contributed by atoms with van der Waals surface area (Å²) in [5, 5.41) is 8.58. The summed E-state index contributed by atoms with van der Waals surface area (Å²) < 4.78 is 0. The Morgan fingerprint density at radius 1 is 1.36 bits per heavy atom. The molecule has 1 aromatic rings. The van der Waals surface area contributed by atoms with Gasteiger partial charge in [-0.3, -0.25) is 4.79 Å². The van der Waals surface area contributed by atoms with Crippen LogP contribution in [-0.4, -0.2) is 5.78 Å². The number of Topliss-reactive ketones (excluding diaryl/α,β-unsaturated/α-hetero) is 1. The molecule has 0 spiro atoms. The second-order valence-electron chi connectivity index (χ2n) is 3.20. The van der Waals surface area contributed by atoms with Crippen LogP contribution < -0.4 is 0 Å². The Balaban J connectivity index is 2.53. The first-order chi connectivity index (χ1) is 6.76. The second-order valence-corrected chi connectivity index (χ2v) is 3.20. The molecule has 1 rings (SSSR count). The zero-order chi connectivity index (χ0) is 10.4. The van der Waals surface area contributed by atoms with Gasteiger partial charge in [0.2, 0.25) is 0 Å². The smallest absolute Gasteiger partial charge is 0.132 e. The number of carbonyl (C=O) groups is 1. The monoisotopic (exact) mass is 187 g/mol. The van der Waals surface area contributed by atoms with E-state index >= 15 is 0 Å². The molecule has 0 saturated heterocycles. The number of rotatable bonds is 4. The van der Waals surface area contributed by atoms with Gasteiger partial charge in [-0.2, -0.15) is 5.26 Å². The molecule has 2 nitrogen and oxygen atoms in total. The minimum atomic E-state index is 0.286. The van der Waals surface area contributed by atoms with Crippen LogP contribution in [-0.2, 0) is 11.2 Å². The van der Waals surface area contributed by atoms with Crippen LogP contribution in [0.15, 0.2) is 24.3 Å². The van der Waals surface area contributed by atoms with Gasteiger partial charge < -0.3 is 0 Å². The summed E-state index contributed by atoms with van der Waals surface area (Å²) in [6, 6.07) is 9.44. The van der Waals surface area contributed by atoms with E-state index in [2.05, 4.69) is 6.07 Å². The molecule has 0 aromatic heterocycles. The van der Waals surface area contributed by atoms with Crippen molar-refractivity contribution in [3.63, 3.8) is 0 Å². The summed E-state index contributed by atoms with van der Waals surface area (Å²) in [5.74, 6) is 0.286. The maximum absolute atomic E-state index is 11.1. The minimum Gasteiger partial charge on any atom is -0.300 e. The Morgan fingerprint density at radius 3 is 2.50 bits per heavy atom. The van der Waals surface area contributed by atoms with Gasteiger partial charge in [0.05, 0.1) is 11.6 Å². The third-order valence-electron chi connectivity index (χ3n) is 2.17. The van der Waals surface area contributed by atoms with Gasteiger partial charge in [0, 0.05) is 12.8 Å². The van der Waals surface area contributed by atoms with E-state index in [-0.39, 0.29) is 5.78 Å². The second kappa shape index (κ2) is 5.18. The van der Waals surface area contributed by atoms with Gasteiger partial charge in [-0.1, -0.05) is 19.1 Å². The lowest BCUT2D eigenvalue weighted by molar-refractivity contribution is -0.118. The first-order valence-electron chi connectivity index (χ1n) is 4.77. The normalized spacial score (nSPS) is 9.43. The Morgan fingerprint density at radius 2 is 2.00 bits per heavy atom. The van der Waals surface area contributed by atoms with E-state index in [4.69, 9.17) is 5.26 Å². The van der Waals surface area contributed by atoms with Gasteiger partial charge in [0.15, 0.2) is 0 Å². The highest BCUT2D eigenvalue weighted by Gasteiger charge is 1.99. The number of nitriles is 1. The molecule has 2 heteroatoms. The van der Waals surface area contributed by atoms with E-state index in [1.165, 1.54) is 0 Å². The molecule has 0 N–H and O–H groups in total. The Kier molecular flexibility index (Phi) is 3.87. The summed E-state index contributed by atoms with van der Waals surface area (Å²) in [7, 11) is 0. The summed E-state index contributed by atoms with van der Waals surface area (Å²) >= 11 is 0. The first kappa shape index (κ1) is 10.5. The van der Waals surface area contributed by atoms with Crippen LogP contribution in [0.1, 0.15) is 30.9 Å². The van der Waals surface area contributed by atoms with Gasteiger partial charge in [0.25, 0.3) is 0 Å². The number of ketones is 1. The number of nitrogens with zero attached hydrogens (tertiary/aromatic N) is 1. The molecule has 0 aliphatic carbocycles. The lowest BCUT2D eigenvalue weighted by atomic mass is 10.1. The average molecular weight is 187 g/mol. The van der Waals surface area contributed by atoms with Crippen molar-refractivity contribution < 1.29 is 4.79 Å². The van der Waals surface area contributed by atoms with E-state index in [9.17, 15) is 4.79 Å². The van der Waals surface area contributed by atoms with Crippen LogP contribution in [0.5, 0.6) is 0 Å². The summed E-state index contributed by atoms with van der Waals surface area (Å²) in [6.07, 6.45) is 1.98. The SMILES string of the molecule is CCC(=O)CCc1ccc(C#N)cc1. The molecule has 0 atom stereocenters. The van der Waals surface area contributed by atoms with Crippen molar-refractivity contribution in [1.82, 2.24) is 0 Å². The number of benzene rings is 1. The van der Waals surface area contributed by atoms with Crippen molar-refractivity contribution in [2.45, 2.75) is 26.2 Å². The zero-order valence-corrected chi connectivity index (χ0v) is 8.29. The van der Waals surface area contributed by atoms with Crippen LogP contribution in [0.2, 0.25) is 0 Å². The van der Waals surface area contributed by atoms with Crippen LogP contribution in [0.3, 0.4) is 0 Å². The third-order valence-corrected chi connectivity index (χ3v) is 2.17. The highest BCUT2D eigenvalue weighted by atomic mass is 16.1. The fourth-order valence-corrected chi connectivity index (χ4v) is 1.21. The predicted octanol–water partition coefficient (Wildman–Crippen LogP) is 2.47. The molecular weight excluding hydrogens is 174 g/mol. The average Bonchev–Trinajstić information content (AvgIpc) is 2.26. The van der Waals surface area contributed by atoms with Crippen molar-refractivity contribution >= 4 is 5.78 Å². The van der Waals surface area contributed by atoms with Gasteiger partial charge >= 0.3 is 0 Å². The number of carbonyl (C=O) groups excluding carboxylic acids is 1. The van der Waals surface area contributed by atoms with Crippen LogP contribution in [0.25, 0.3) is 0 Å². The van der Waals surface area contributed by atoms with Gasteiger partial charge in [-0.15, -0.1) is 0 Å². The molecule has 0 bridgehead atoms. The summed E-state index contributed by atoms with van der Waals surface area (Å²) in [6.45, 7) is 1.88. The Labute approximate surface area is 84.2 Å². The number of aryl methyl sites for hydroxylation is 1. The Bertz CT molecular complexity index is 346. The molecule has 0 amide bonds. The standard InChI is InChI=1S/C12H13NO/c1-2-12(14)8-7-10-3-5-11(9-13)6-4-10/h3-6H,2,7-8H2,1H3. The third kappa shape index (κ3) is 3.02. The molecule has 1 aromatic carbocycles. The number of hydrogen-bond donors (Lipinski definition) is 0. The molecule has 14 heavy (non-hydrogen) atoms. The highest BCUT2D eigenvalue weighted by Crippen LogP contribution is 2.06. The maximum atomic E-state index is 11.1. The van der Waals surface area contributed by atoms with Crippen molar-refractivity contribution in [1.29, 1.82) is 5.26 Å². The predicted molar refractivity (Wildman–Crippen MR) is 54.8 cm³/mol. The molecule has 0 saturated carbocycles. The highest BCUT2D eigenvalue weighted by molar-refractivity contribution is 5.78. The van der Waals surface area contributed by atoms with Crippen LogP contribution >= 0.6 is 0 Å². The van der Waals surface area contributed by atoms with Crippen molar-refractivity contribution in [2.24, 2.45) is 0 Å². The quantitative estimate of drug-likeness (QED) is 0.726. The molecule has 0 radical (unpaired) electrons. The minimum absolute atomic E-state index is 0.286. The topological polar surface area (TPSA) is 40.9 Å². The molecular formula is C12H13NO. The lowest BCUT2D eigenvalue weighted by Gasteiger charge is -1.99.